The fraction of sp³-hybridized carbons (Fsp3) is 0. The summed E-state index contributed by atoms with van der Waals surface area (Å²) in [4.78, 5) is 12.3. The highest BCUT2D eigenvalue weighted by Crippen LogP contribution is 2.31. The molecule has 0 amide bonds. The second-order valence-electron chi connectivity index (χ2n) is 4.85. The zero-order valence-electron chi connectivity index (χ0n) is 11.0. The first-order valence-corrected chi connectivity index (χ1v) is 6.89. The van der Waals surface area contributed by atoms with E-state index in [9.17, 15) is 0 Å². The van der Waals surface area contributed by atoms with Crippen molar-refractivity contribution >= 4 is 39.2 Å². The van der Waals surface area contributed by atoms with Crippen LogP contribution in [0.4, 0.5) is 5.69 Å². The maximum absolute atomic E-state index is 6.28. The Hall–Kier alpha value is -2.59. The van der Waals surface area contributed by atoms with Crippen LogP contribution in [0.15, 0.2) is 48.7 Å². The third-order valence-electron chi connectivity index (χ3n) is 3.52. The Bertz CT molecular complexity index is 942. The van der Waals surface area contributed by atoms with Gasteiger partial charge in [-0.1, -0.05) is 23.7 Å². The average Bonchev–Trinajstić information content (AvgIpc) is 2.91. The Morgan fingerprint density at radius 1 is 1.05 bits per heavy atom. The molecule has 3 N–H and O–H groups in total. The zero-order chi connectivity index (χ0) is 14.4. The van der Waals surface area contributed by atoms with Crippen LogP contribution in [0.2, 0.25) is 5.02 Å². The molecular weight excluding hydrogens is 284 g/mol. The fourth-order valence-electron chi connectivity index (χ4n) is 2.46. The molecule has 0 atom stereocenters. The average molecular weight is 295 g/mol. The summed E-state index contributed by atoms with van der Waals surface area (Å²) in [6.45, 7) is 0. The molecule has 0 aliphatic rings. The van der Waals surface area contributed by atoms with Gasteiger partial charge < -0.3 is 10.7 Å². The molecule has 0 radical (unpaired) electrons. The van der Waals surface area contributed by atoms with Gasteiger partial charge in [0, 0.05) is 16.6 Å². The Labute approximate surface area is 125 Å². The van der Waals surface area contributed by atoms with Crippen molar-refractivity contribution in [3.63, 3.8) is 0 Å². The molecule has 4 rings (SSSR count). The Morgan fingerprint density at radius 3 is 2.76 bits per heavy atom. The summed E-state index contributed by atoms with van der Waals surface area (Å²) < 4.78 is 0. The Kier molecular flexibility index (Phi) is 2.59. The van der Waals surface area contributed by atoms with Crippen molar-refractivity contribution in [2.75, 3.05) is 5.73 Å². The van der Waals surface area contributed by atoms with Crippen molar-refractivity contribution in [1.82, 2.24) is 15.0 Å². The van der Waals surface area contributed by atoms with Crippen molar-refractivity contribution in [1.29, 1.82) is 0 Å². The number of imidazole rings is 1. The predicted molar refractivity (Wildman–Crippen MR) is 86.3 cm³/mol. The summed E-state index contributed by atoms with van der Waals surface area (Å²) in [6, 6.07) is 13.4. The summed E-state index contributed by atoms with van der Waals surface area (Å²) in [6.07, 6.45) is 1.73. The van der Waals surface area contributed by atoms with Gasteiger partial charge in [-0.15, -0.1) is 0 Å². The van der Waals surface area contributed by atoms with Gasteiger partial charge in [-0.05, 0) is 30.3 Å². The van der Waals surface area contributed by atoms with Gasteiger partial charge >= 0.3 is 0 Å². The van der Waals surface area contributed by atoms with E-state index < -0.39 is 0 Å². The monoisotopic (exact) mass is 294 g/mol. The van der Waals surface area contributed by atoms with Crippen LogP contribution >= 0.6 is 11.6 Å². The zero-order valence-corrected chi connectivity index (χ0v) is 11.7. The van der Waals surface area contributed by atoms with E-state index in [0.717, 1.165) is 33.3 Å². The van der Waals surface area contributed by atoms with Crippen molar-refractivity contribution in [3.05, 3.63) is 53.7 Å². The van der Waals surface area contributed by atoms with E-state index in [1.165, 1.54) is 0 Å². The molecule has 102 valence electrons. The number of anilines is 1. The van der Waals surface area contributed by atoms with Crippen molar-refractivity contribution in [2.24, 2.45) is 0 Å². The predicted octanol–water partition coefficient (Wildman–Crippen LogP) is 4.01. The van der Waals surface area contributed by atoms with Crippen LogP contribution in [0.25, 0.3) is 33.3 Å². The largest absolute Gasteiger partial charge is 0.398 e. The van der Waals surface area contributed by atoms with Gasteiger partial charge in [0.2, 0.25) is 0 Å². The van der Waals surface area contributed by atoms with Gasteiger partial charge in [0.1, 0.15) is 5.82 Å². The van der Waals surface area contributed by atoms with Crippen LogP contribution in [-0.4, -0.2) is 15.0 Å². The minimum absolute atomic E-state index is 0.644. The second kappa shape index (κ2) is 4.46. The van der Waals surface area contributed by atoms with E-state index in [-0.39, 0.29) is 0 Å². The number of nitrogens with two attached hydrogens (primary N) is 1. The quantitative estimate of drug-likeness (QED) is 0.557. The van der Waals surface area contributed by atoms with Gasteiger partial charge in [0.05, 0.1) is 27.8 Å². The normalized spacial score (nSPS) is 11.3. The molecule has 0 unspecified atom stereocenters. The third-order valence-corrected chi connectivity index (χ3v) is 3.75. The van der Waals surface area contributed by atoms with Crippen LogP contribution in [-0.2, 0) is 0 Å². The number of halogens is 1. The van der Waals surface area contributed by atoms with Crippen LogP contribution in [0.1, 0.15) is 0 Å². The highest BCUT2D eigenvalue weighted by atomic mass is 35.5. The van der Waals surface area contributed by atoms with Crippen LogP contribution < -0.4 is 5.73 Å². The number of aromatic nitrogens is 3. The molecule has 2 heterocycles. The number of H-pyrrole nitrogens is 1. The lowest BCUT2D eigenvalue weighted by Crippen LogP contribution is -1.95. The maximum atomic E-state index is 6.28. The van der Waals surface area contributed by atoms with E-state index in [1.54, 1.807) is 12.3 Å². The highest BCUT2D eigenvalue weighted by Gasteiger charge is 2.11. The molecule has 2 aromatic carbocycles. The minimum Gasteiger partial charge on any atom is -0.398 e. The van der Waals surface area contributed by atoms with E-state index in [1.807, 2.05) is 36.4 Å². The molecule has 0 aliphatic heterocycles. The summed E-state index contributed by atoms with van der Waals surface area (Å²) in [5.41, 5.74) is 10.4. The first-order valence-electron chi connectivity index (χ1n) is 6.51. The highest BCUT2D eigenvalue weighted by molar-refractivity contribution is 6.31. The summed E-state index contributed by atoms with van der Waals surface area (Å²) in [5, 5.41) is 1.52. The number of rotatable bonds is 1. The number of pyridine rings is 1. The van der Waals surface area contributed by atoms with Gasteiger partial charge in [-0.25, -0.2) is 4.98 Å². The van der Waals surface area contributed by atoms with E-state index in [0.29, 0.717) is 10.7 Å². The number of para-hydroxylation sites is 2. The van der Waals surface area contributed by atoms with Gasteiger partial charge in [-0.3, -0.25) is 4.98 Å². The molecule has 4 aromatic rings. The topological polar surface area (TPSA) is 67.6 Å². The third kappa shape index (κ3) is 1.92. The number of benzene rings is 2. The summed E-state index contributed by atoms with van der Waals surface area (Å²) >= 11 is 5.98. The SMILES string of the molecule is Nc1c(-c2nc3ccccc3[nH]2)cnc2cc(Cl)ccc12. The first kappa shape index (κ1) is 12.2. The molecule has 21 heavy (non-hydrogen) atoms. The molecule has 0 aliphatic carbocycles. The smallest absolute Gasteiger partial charge is 0.142 e. The molecule has 0 bridgehead atoms. The molecule has 0 saturated heterocycles. The van der Waals surface area contributed by atoms with Crippen molar-refractivity contribution < 1.29 is 0 Å². The maximum Gasteiger partial charge on any atom is 0.142 e. The Morgan fingerprint density at radius 2 is 1.90 bits per heavy atom. The first-order chi connectivity index (χ1) is 10.2. The molecule has 0 saturated carbocycles. The minimum atomic E-state index is 0.644. The molecule has 4 nitrogen and oxygen atoms in total. The lowest BCUT2D eigenvalue weighted by atomic mass is 10.1. The standard InChI is InChI=1S/C16H11ClN4/c17-9-5-6-10-14(7-9)19-8-11(15(10)18)16-20-12-3-1-2-4-13(12)21-16/h1-8H,(H2,18,19)(H,20,21). The Balaban J connectivity index is 1.97. The van der Waals surface area contributed by atoms with Crippen LogP contribution in [0, 0.1) is 0 Å². The van der Waals surface area contributed by atoms with Gasteiger partial charge in [-0.2, -0.15) is 0 Å². The number of nitrogen functional groups attached to an aromatic ring is 1. The lowest BCUT2D eigenvalue weighted by molar-refractivity contribution is 1.31. The van der Waals surface area contributed by atoms with Gasteiger partial charge in [0.15, 0.2) is 0 Å². The van der Waals surface area contributed by atoms with Crippen molar-refractivity contribution in [3.8, 4) is 11.4 Å². The molecular formula is C16H11ClN4. The summed E-state index contributed by atoms with van der Waals surface area (Å²) in [7, 11) is 0. The number of hydrogen-bond donors (Lipinski definition) is 2. The van der Waals surface area contributed by atoms with Crippen LogP contribution in [0.5, 0.6) is 0 Å². The number of nitrogens with zero attached hydrogens (tertiary/aromatic N) is 2. The van der Waals surface area contributed by atoms with E-state index in [4.69, 9.17) is 17.3 Å². The second-order valence-corrected chi connectivity index (χ2v) is 5.29. The van der Waals surface area contributed by atoms with Crippen LogP contribution in [0.3, 0.4) is 0 Å². The molecule has 2 aromatic heterocycles. The lowest BCUT2D eigenvalue weighted by Gasteiger charge is -2.06. The van der Waals surface area contributed by atoms with E-state index >= 15 is 0 Å². The van der Waals surface area contributed by atoms with Crippen molar-refractivity contribution in [2.45, 2.75) is 0 Å². The number of aromatic amines is 1. The summed E-state index contributed by atoms with van der Waals surface area (Å²) in [5.74, 6) is 0.720. The van der Waals surface area contributed by atoms with E-state index in [2.05, 4.69) is 15.0 Å². The van der Waals surface area contributed by atoms with Gasteiger partial charge in [0.25, 0.3) is 0 Å². The number of nitrogens with one attached hydrogen (secondary N) is 1. The number of fused-ring (bicyclic) bond motifs is 2. The molecule has 0 spiro atoms. The molecule has 0 fully saturated rings. The molecule has 5 heteroatoms. The fourth-order valence-corrected chi connectivity index (χ4v) is 2.62. The number of hydrogen-bond acceptors (Lipinski definition) is 3.